The predicted octanol–water partition coefficient (Wildman–Crippen LogP) is -1.59. The zero-order valence-electron chi connectivity index (χ0n) is 10.7. The largest absolute Gasteiger partial charge is 0.394 e. The van der Waals surface area contributed by atoms with Gasteiger partial charge in [-0.3, -0.25) is 4.57 Å². The van der Waals surface area contributed by atoms with E-state index in [2.05, 4.69) is 15.0 Å². The van der Waals surface area contributed by atoms with Crippen LogP contribution in [0, 0.1) is 0 Å². The molecule has 1 fully saturated rings. The van der Waals surface area contributed by atoms with Crippen molar-refractivity contribution in [3.8, 4) is 0 Å². The van der Waals surface area contributed by atoms with Gasteiger partial charge in [-0.1, -0.05) is 0 Å². The molecule has 1 aliphatic rings. The number of aromatic nitrogens is 4. The van der Waals surface area contributed by atoms with Crippen molar-refractivity contribution >= 4 is 17.0 Å². The van der Waals surface area contributed by atoms with E-state index in [0.717, 1.165) is 0 Å². The number of nitrogens with zero attached hydrogens (tertiary/aromatic N) is 4. The fraction of sp³-hybridized carbons (Fsp3) is 0.545. The zero-order valence-corrected chi connectivity index (χ0v) is 10.7. The van der Waals surface area contributed by atoms with Gasteiger partial charge in [0, 0.05) is 0 Å². The smallest absolute Gasteiger partial charge is 0.168 e. The van der Waals surface area contributed by atoms with E-state index in [-0.39, 0.29) is 5.82 Å². The standard InChI is InChI=1S/C11H15N5O4/c1-11(19)7(18)5(2-17)20-10(11)16-4-15-6-8(12)13-3-14-9(6)16/h3-5,7,10,17-19H,2H2,1H3,(H2,12,13,14)/t5?,7?,10-,11-/m1/s1. The van der Waals surface area contributed by atoms with Crippen molar-refractivity contribution in [3.63, 3.8) is 0 Å². The monoisotopic (exact) mass is 281 g/mol. The minimum atomic E-state index is -1.60. The van der Waals surface area contributed by atoms with Crippen molar-refractivity contribution < 1.29 is 20.1 Å². The van der Waals surface area contributed by atoms with Gasteiger partial charge in [0.1, 0.15) is 29.7 Å². The van der Waals surface area contributed by atoms with Gasteiger partial charge in [0.15, 0.2) is 17.7 Å². The first-order valence-corrected chi connectivity index (χ1v) is 6.06. The zero-order chi connectivity index (χ0) is 14.5. The maximum Gasteiger partial charge on any atom is 0.168 e. The van der Waals surface area contributed by atoms with Crippen molar-refractivity contribution in [3.05, 3.63) is 12.7 Å². The summed E-state index contributed by atoms with van der Waals surface area (Å²) in [5.41, 5.74) is 4.87. The molecule has 0 spiro atoms. The second-order valence-electron chi connectivity index (χ2n) is 4.96. The van der Waals surface area contributed by atoms with E-state index in [1.807, 2.05) is 0 Å². The second kappa shape index (κ2) is 4.35. The predicted molar refractivity (Wildman–Crippen MR) is 67.4 cm³/mol. The Kier molecular flexibility index (Phi) is 2.87. The lowest BCUT2D eigenvalue weighted by atomic mass is 9.96. The van der Waals surface area contributed by atoms with Crippen LogP contribution in [0.15, 0.2) is 12.7 Å². The van der Waals surface area contributed by atoms with Gasteiger partial charge in [-0.25, -0.2) is 15.0 Å². The summed E-state index contributed by atoms with van der Waals surface area (Å²) in [5, 5.41) is 29.6. The first kappa shape index (κ1) is 13.2. The first-order valence-electron chi connectivity index (χ1n) is 6.06. The van der Waals surface area contributed by atoms with E-state index >= 15 is 0 Å². The fourth-order valence-electron chi connectivity index (χ4n) is 2.43. The van der Waals surface area contributed by atoms with Crippen LogP contribution in [0.2, 0.25) is 0 Å². The normalized spacial score (nSPS) is 33.9. The summed E-state index contributed by atoms with van der Waals surface area (Å²) in [7, 11) is 0. The summed E-state index contributed by atoms with van der Waals surface area (Å²) in [4.78, 5) is 12.0. The maximum absolute atomic E-state index is 10.4. The number of anilines is 1. The Morgan fingerprint density at radius 2 is 2.20 bits per heavy atom. The maximum atomic E-state index is 10.4. The van der Waals surface area contributed by atoms with Crippen LogP contribution in [-0.2, 0) is 4.74 Å². The topological polar surface area (TPSA) is 140 Å². The molecule has 20 heavy (non-hydrogen) atoms. The molecule has 0 bridgehead atoms. The molecule has 1 saturated heterocycles. The number of aliphatic hydroxyl groups is 3. The van der Waals surface area contributed by atoms with Gasteiger partial charge in [-0.05, 0) is 6.92 Å². The van der Waals surface area contributed by atoms with E-state index in [1.54, 1.807) is 0 Å². The second-order valence-corrected chi connectivity index (χ2v) is 4.96. The van der Waals surface area contributed by atoms with Crippen LogP contribution in [-0.4, -0.2) is 59.3 Å². The summed E-state index contributed by atoms with van der Waals surface area (Å²) < 4.78 is 6.97. The molecule has 3 heterocycles. The van der Waals surface area contributed by atoms with Crippen LogP contribution < -0.4 is 5.73 Å². The van der Waals surface area contributed by atoms with Gasteiger partial charge in [0.25, 0.3) is 0 Å². The molecule has 0 aliphatic carbocycles. The van der Waals surface area contributed by atoms with Gasteiger partial charge in [0.05, 0.1) is 12.9 Å². The molecular formula is C11H15N5O4. The quantitative estimate of drug-likeness (QED) is 0.516. The average molecular weight is 281 g/mol. The molecule has 0 saturated carbocycles. The number of hydrogen-bond donors (Lipinski definition) is 4. The highest BCUT2D eigenvalue weighted by atomic mass is 16.6. The number of imidazole rings is 1. The summed E-state index contributed by atoms with van der Waals surface area (Å²) in [5.74, 6) is 0.214. The number of ether oxygens (including phenoxy) is 1. The highest BCUT2D eigenvalue weighted by Gasteiger charge is 2.53. The van der Waals surface area contributed by atoms with Gasteiger partial charge in [-0.2, -0.15) is 0 Å². The Balaban J connectivity index is 2.10. The lowest BCUT2D eigenvalue weighted by Gasteiger charge is -2.27. The van der Waals surface area contributed by atoms with Gasteiger partial charge in [-0.15, -0.1) is 0 Å². The molecule has 108 valence electrons. The fourth-order valence-corrected chi connectivity index (χ4v) is 2.43. The van der Waals surface area contributed by atoms with E-state index in [0.29, 0.717) is 11.2 Å². The minimum absolute atomic E-state index is 0.214. The Bertz CT molecular complexity index is 643. The first-order chi connectivity index (χ1) is 9.46. The number of fused-ring (bicyclic) bond motifs is 1. The molecule has 2 unspecified atom stereocenters. The van der Waals surface area contributed by atoms with E-state index in [9.17, 15) is 15.3 Å². The summed E-state index contributed by atoms with van der Waals surface area (Å²) in [6.45, 7) is 1.02. The van der Waals surface area contributed by atoms with Gasteiger partial charge >= 0.3 is 0 Å². The Morgan fingerprint density at radius 1 is 1.45 bits per heavy atom. The molecule has 0 radical (unpaired) electrons. The molecule has 0 aromatic carbocycles. The number of nitrogen functional groups attached to an aromatic ring is 1. The van der Waals surface area contributed by atoms with Crippen molar-refractivity contribution in [2.24, 2.45) is 0 Å². The SMILES string of the molecule is C[C@@]1(O)C(O)C(CO)O[C@H]1n1cnc2c(N)ncnc21. The molecule has 4 atom stereocenters. The molecule has 1 aliphatic heterocycles. The summed E-state index contributed by atoms with van der Waals surface area (Å²) in [6.07, 6.45) is -0.365. The van der Waals surface area contributed by atoms with Crippen molar-refractivity contribution in [1.29, 1.82) is 0 Å². The van der Waals surface area contributed by atoms with E-state index in [1.165, 1.54) is 24.1 Å². The molecule has 2 aromatic heterocycles. The van der Waals surface area contributed by atoms with Crippen molar-refractivity contribution in [2.75, 3.05) is 12.3 Å². The minimum Gasteiger partial charge on any atom is -0.394 e. The number of rotatable bonds is 2. The Hall–Kier alpha value is -1.81. The molecule has 3 rings (SSSR count). The van der Waals surface area contributed by atoms with Gasteiger partial charge in [0.2, 0.25) is 0 Å². The van der Waals surface area contributed by atoms with Crippen LogP contribution in [0.5, 0.6) is 0 Å². The Morgan fingerprint density at radius 3 is 2.85 bits per heavy atom. The van der Waals surface area contributed by atoms with Crippen molar-refractivity contribution in [2.45, 2.75) is 31.0 Å². The molecule has 0 amide bonds. The van der Waals surface area contributed by atoms with Crippen LogP contribution in [0.1, 0.15) is 13.2 Å². The molecule has 9 nitrogen and oxygen atoms in total. The third-order valence-electron chi connectivity index (χ3n) is 3.57. The van der Waals surface area contributed by atoms with Crippen molar-refractivity contribution in [1.82, 2.24) is 19.5 Å². The summed E-state index contributed by atoms with van der Waals surface area (Å²) in [6, 6.07) is 0. The lowest BCUT2D eigenvalue weighted by Crippen LogP contribution is -2.44. The number of hydrogen-bond acceptors (Lipinski definition) is 8. The molecule has 2 aromatic rings. The average Bonchev–Trinajstić information content (AvgIpc) is 2.92. The highest BCUT2D eigenvalue weighted by molar-refractivity contribution is 5.81. The van der Waals surface area contributed by atoms with Crippen LogP contribution in [0.3, 0.4) is 0 Å². The molecular weight excluding hydrogens is 266 g/mol. The summed E-state index contributed by atoms with van der Waals surface area (Å²) >= 11 is 0. The van der Waals surface area contributed by atoms with E-state index in [4.69, 9.17) is 10.5 Å². The lowest BCUT2D eigenvalue weighted by molar-refractivity contribution is -0.0950. The highest BCUT2D eigenvalue weighted by Crippen LogP contribution is 2.39. The third-order valence-corrected chi connectivity index (χ3v) is 3.57. The molecule has 5 N–H and O–H groups in total. The van der Waals surface area contributed by atoms with Crippen LogP contribution in [0.25, 0.3) is 11.2 Å². The third kappa shape index (κ3) is 1.68. The molecule has 9 heteroatoms. The van der Waals surface area contributed by atoms with Crippen LogP contribution in [0.4, 0.5) is 5.82 Å². The van der Waals surface area contributed by atoms with Crippen LogP contribution >= 0.6 is 0 Å². The van der Waals surface area contributed by atoms with E-state index < -0.39 is 30.6 Å². The number of aliphatic hydroxyl groups excluding tert-OH is 2. The number of nitrogens with two attached hydrogens (primary N) is 1. The Labute approximate surface area is 113 Å². The van der Waals surface area contributed by atoms with Gasteiger partial charge < -0.3 is 25.8 Å².